The van der Waals surface area contributed by atoms with Gasteiger partial charge in [0.1, 0.15) is 10.6 Å². The van der Waals surface area contributed by atoms with Gasteiger partial charge in [0.2, 0.25) is 21.8 Å². The van der Waals surface area contributed by atoms with Gasteiger partial charge in [-0.3, -0.25) is 9.59 Å². The molecule has 12 heteroatoms. The summed E-state index contributed by atoms with van der Waals surface area (Å²) in [6, 6.07) is 5.77. The van der Waals surface area contributed by atoms with Gasteiger partial charge in [-0.15, -0.1) is 0 Å². The second kappa shape index (κ2) is 12.0. The molecule has 10 nitrogen and oxygen atoms in total. The average molecular weight is 606 g/mol. The van der Waals surface area contributed by atoms with Crippen molar-refractivity contribution in [3.8, 4) is 0 Å². The van der Waals surface area contributed by atoms with Crippen LogP contribution >= 0.6 is 11.6 Å². The molecule has 0 saturated carbocycles. The molecular formula is C29H40ClN5O5S. The zero-order chi connectivity index (χ0) is 29.5. The predicted octanol–water partition coefficient (Wildman–Crippen LogP) is 3.49. The summed E-state index contributed by atoms with van der Waals surface area (Å²) in [5, 5.41) is 4.46. The Balaban J connectivity index is 1.18. The Morgan fingerprint density at radius 3 is 2.29 bits per heavy atom. The molecule has 0 N–H and O–H groups in total. The SMILES string of the molecule is CC(=O)N1CCC(C(=O)N(CCCN2CC3CN(S(=O)(=O)c4c(C)noc4C)CC3C2)c2ccc(C)c(Cl)c2)CC1. The number of hydrogen-bond acceptors (Lipinski definition) is 7. The summed E-state index contributed by atoms with van der Waals surface area (Å²) in [5.74, 6) is 0.919. The zero-order valence-electron chi connectivity index (χ0n) is 24.3. The number of aryl methyl sites for hydroxylation is 3. The van der Waals surface area contributed by atoms with Crippen LogP contribution in [0.2, 0.25) is 5.02 Å². The number of carbonyl (C=O) groups is 2. The highest BCUT2D eigenvalue weighted by Gasteiger charge is 2.45. The van der Waals surface area contributed by atoms with Gasteiger partial charge in [-0.2, -0.15) is 4.31 Å². The molecular weight excluding hydrogens is 566 g/mol. The molecule has 0 radical (unpaired) electrons. The summed E-state index contributed by atoms with van der Waals surface area (Å²) < 4.78 is 33.2. The minimum atomic E-state index is -3.63. The molecule has 2 aromatic rings. The monoisotopic (exact) mass is 605 g/mol. The number of piperidine rings is 1. The van der Waals surface area contributed by atoms with Crippen molar-refractivity contribution in [1.29, 1.82) is 0 Å². The van der Waals surface area contributed by atoms with Crippen molar-refractivity contribution in [3.05, 3.63) is 40.2 Å². The summed E-state index contributed by atoms with van der Waals surface area (Å²) in [6.07, 6.45) is 2.12. The maximum absolute atomic E-state index is 13.7. The summed E-state index contributed by atoms with van der Waals surface area (Å²) in [7, 11) is -3.63. The van der Waals surface area contributed by atoms with Crippen molar-refractivity contribution < 1.29 is 22.5 Å². The Morgan fingerprint density at radius 1 is 1.07 bits per heavy atom. The van der Waals surface area contributed by atoms with E-state index >= 15 is 0 Å². The van der Waals surface area contributed by atoms with Gasteiger partial charge in [-0.05, 0) is 76.1 Å². The number of aromatic nitrogens is 1. The van der Waals surface area contributed by atoms with Crippen LogP contribution in [0.25, 0.3) is 0 Å². The minimum absolute atomic E-state index is 0.0536. The largest absolute Gasteiger partial charge is 0.360 e. The van der Waals surface area contributed by atoms with Crippen LogP contribution in [-0.2, 0) is 19.6 Å². The van der Waals surface area contributed by atoms with Crippen molar-refractivity contribution in [1.82, 2.24) is 19.3 Å². The first-order chi connectivity index (χ1) is 19.5. The topological polar surface area (TPSA) is 107 Å². The number of nitrogens with zero attached hydrogens (tertiary/aromatic N) is 5. The smallest absolute Gasteiger partial charge is 0.248 e. The highest BCUT2D eigenvalue weighted by atomic mass is 35.5. The van der Waals surface area contributed by atoms with Gasteiger partial charge in [0.25, 0.3) is 0 Å². The van der Waals surface area contributed by atoms with E-state index < -0.39 is 10.0 Å². The normalized spacial score (nSPS) is 22.3. The van der Waals surface area contributed by atoms with E-state index in [1.807, 2.05) is 34.9 Å². The van der Waals surface area contributed by atoms with Crippen LogP contribution in [0.5, 0.6) is 0 Å². The van der Waals surface area contributed by atoms with Crippen LogP contribution in [0.15, 0.2) is 27.6 Å². The third kappa shape index (κ3) is 6.18. The third-order valence-electron chi connectivity index (χ3n) is 8.97. The summed E-state index contributed by atoms with van der Waals surface area (Å²) in [5.41, 5.74) is 2.17. The number of hydrogen-bond donors (Lipinski definition) is 0. The average Bonchev–Trinajstić information content (AvgIpc) is 3.61. The first-order valence-corrected chi connectivity index (χ1v) is 16.3. The first-order valence-electron chi connectivity index (χ1n) is 14.4. The molecule has 41 heavy (non-hydrogen) atoms. The summed E-state index contributed by atoms with van der Waals surface area (Å²) >= 11 is 6.44. The molecule has 2 amide bonds. The Morgan fingerprint density at radius 2 is 1.73 bits per heavy atom. The number of likely N-dealkylation sites (tertiary alicyclic amines) is 2. The highest BCUT2D eigenvalue weighted by molar-refractivity contribution is 7.89. The van der Waals surface area contributed by atoms with Crippen LogP contribution in [0.1, 0.15) is 43.2 Å². The number of halogens is 1. The van der Waals surface area contributed by atoms with Crippen LogP contribution in [0, 0.1) is 38.5 Å². The van der Waals surface area contributed by atoms with Gasteiger partial charge in [0, 0.05) is 69.4 Å². The minimum Gasteiger partial charge on any atom is -0.360 e. The summed E-state index contributed by atoms with van der Waals surface area (Å²) in [4.78, 5) is 31.8. The second-order valence-electron chi connectivity index (χ2n) is 11.8. The Kier molecular flexibility index (Phi) is 8.80. The molecule has 0 spiro atoms. The molecule has 0 aliphatic carbocycles. The summed E-state index contributed by atoms with van der Waals surface area (Å²) in [6.45, 7) is 12.1. The highest BCUT2D eigenvalue weighted by Crippen LogP contribution is 2.36. The van der Waals surface area contributed by atoms with Crippen molar-refractivity contribution >= 4 is 39.1 Å². The van der Waals surface area contributed by atoms with E-state index in [4.69, 9.17) is 16.1 Å². The first kappa shape index (κ1) is 30.0. The lowest BCUT2D eigenvalue weighted by Crippen LogP contribution is -2.44. The number of rotatable bonds is 8. The third-order valence-corrected chi connectivity index (χ3v) is 11.5. The maximum atomic E-state index is 13.7. The van der Waals surface area contributed by atoms with Gasteiger partial charge < -0.3 is 19.2 Å². The van der Waals surface area contributed by atoms with E-state index in [9.17, 15) is 18.0 Å². The Labute approximate surface area is 247 Å². The molecule has 0 bridgehead atoms. The molecule has 1 aromatic heterocycles. The second-order valence-corrected chi connectivity index (χ2v) is 14.1. The fourth-order valence-electron chi connectivity index (χ4n) is 6.63. The van der Waals surface area contributed by atoms with Crippen LogP contribution in [0.3, 0.4) is 0 Å². The van der Waals surface area contributed by atoms with Gasteiger partial charge in [-0.1, -0.05) is 22.8 Å². The zero-order valence-corrected chi connectivity index (χ0v) is 25.9. The number of anilines is 1. The molecule has 3 saturated heterocycles. The van der Waals surface area contributed by atoms with Gasteiger partial charge in [0.15, 0.2) is 5.76 Å². The van der Waals surface area contributed by atoms with Gasteiger partial charge >= 0.3 is 0 Å². The van der Waals surface area contributed by atoms with E-state index in [1.165, 1.54) is 0 Å². The van der Waals surface area contributed by atoms with Crippen LogP contribution in [-0.4, -0.2) is 91.9 Å². The lowest BCUT2D eigenvalue weighted by atomic mass is 9.94. The number of amides is 2. The standard InChI is InChI=1S/C29H40ClN5O5S/c1-19-6-7-26(14-27(19)30)35(29(37)23-8-12-33(13-9-23)22(4)36)11-5-10-32-15-24-17-34(18-25(24)16-32)41(38,39)28-20(2)31-40-21(28)3/h6-7,14,23-25H,5,8-13,15-18H2,1-4H3. The molecule has 3 aliphatic heterocycles. The molecule has 5 rings (SSSR count). The van der Waals surface area contributed by atoms with Crippen molar-refractivity contribution in [2.45, 2.75) is 51.9 Å². The van der Waals surface area contributed by atoms with E-state index in [0.717, 1.165) is 37.3 Å². The fraction of sp³-hybridized carbons (Fsp3) is 0.621. The number of fused-ring (bicyclic) bond motifs is 1. The van der Waals surface area contributed by atoms with E-state index in [0.29, 0.717) is 62.0 Å². The quantitative estimate of drug-likeness (QED) is 0.453. The Hall–Kier alpha value is -2.47. The van der Waals surface area contributed by atoms with Crippen molar-refractivity contribution in [3.63, 3.8) is 0 Å². The maximum Gasteiger partial charge on any atom is 0.248 e. The fourth-order valence-corrected chi connectivity index (χ4v) is 8.65. The molecule has 3 aliphatic rings. The number of benzene rings is 1. The molecule has 2 atom stereocenters. The van der Waals surface area contributed by atoms with Crippen LogP contribution < -0.4 is 4.90 Å². The van der Waals surface area contributed by atoms with E-state index in [-0.39, 0.29) is 34.5 Å². The Bertz CT molecular complexity index is 1370. The molecule has 2 unspecified atom stereocenters. The number of sulfonamides is 1. The van der Waals surface area contributed by atoms with Crippen LogP contribution in [0.4, 0.5) is 5.69 Å². The molecule has 4 heterocycles. The number of carbonyl (C=O) groups excluding carboxylic acids is 2. The van der Waals surface area contributed by atoms with Crippen molar-refractivity contribution in [2.24, 2.45) is 17.8 Å². The molecule has 3 fully saturated rings. The predicted molar refractivity (Wildman–Crippen MR) is 156 cm³/mol. The van der Waals surface area contributed by atoms with Gasteiger partial charge in [-0.25, -0.2) is 8.42 Å². The molecule has 224 valence electrons. The van der Waals surface area contributed by atoms with E-state index in [2.05, 4.69) is 10.1 Å². The lowest BCUT2D eigenvalue weighted by molar-refractivity contribution is -0.133. The van der Waals surface area contributed by atoms with Crippen molar-refractivity contribution in [2.75, 3.05) is 57.3 Å². The lowest BCUT2D eigenvalue weighted by Gasteiger charge is -2.34. The van der Waals surface area contributed by atoms with E-state index in [1.54, 1.807) is 25.1 Å². The van der Waals surface area contributed by atoms with Gasteiger partial charge in [0.05, 0.1) is 0 Å². The molecule has 1 aromatic carbocycles.